The molecule has 0 saturated carbocycles. The lowest BCUT2D eigenvalue weighted by Crippen LogP contribution is -2.41. The van der Waals surface area contributed by atoms with Gasteiger partial charge < -0.3 is 24.0 Å². The summed E-state index contributed by atoms with van der Waals surface area (Å²) in [6.45, 7) is 3.05. The van der Waals surface area contributed by atoms with Gasteiger partial charge in [-0.3, -0.25) is 4.79 Å². The second-order valence-corrected chi connectivity index (χ2v) is 6.23. The monoisotopic (exact) mass is 320 g/mol. The van der Waals surface area contributed by atoms with Crippen LogP contribution in [0.5, 0.6) is 11.5 Å². The average Bonchev–Trinajstić information content (AvgIpc) is 3.21. The Morgan fingerprint density at radius 2 is 2.13 bits per heavy atom. The Hall–Kier alpha value is -1.79. The predicted molar refractivity (Wildman–Crippen MR) is 86.0 cm³/mol. The van der Waals surface area contributed by atoms with Crippen molar-refractivity contribution in [1.82, 2.24) is 9.80 Å². The Balaban J connectivity index is 1.77. The first-order chi connectivity index (χ1) is 11.1. The lowest BCUT2D eigenvalue weighted by molar-refractivity contribution is 0.0509. The molecule has 1 fully saturated rings. The minimum absolute atomic E-state index is 0.0234. The van der Waals surface area contributed by atoms with Gasteiger partial charge >= 0.3 is 0 Å². The number of ether oxygens (including phenoxy) is 3. The summed E-state index contributed by atoms with van der Waals surface area (Å²) in [4.78, 5) is 17.0. The molecule has 23 heavy (non-hydrogen) atoms. The Kier molecular flexibility index (Phi) is 5.03. The lowest BCUT2D eigenvalue weighted by atomic mass is 10.1. The van der Waals surface area contributed by atoms with E-state index >= 15 is 0 Å². The summed E-state index contributed by atoms with van der Waals surface area (Å²) in [6, 6.07) is 5.45. The van der Waals surface area contributed by atoms with Crippen LogP contribution in [-0.2, 0) is 4.74 Å². The highest BCUT2D eigenvalue weighted by atomic mass is 16.7. The summed E-state index contributed by atoms with van der Waals surface area (Å²) in [7, 11) is 4.01. The molecule has 0 aliphatic carbocycles. The van der Waals surface area contributed by atoms with Crippen LogP contribution in [0.15, 0.2) is 18.2 Å². The van der Waals surface area contributed by atoms with Gasteiger partial charge in [0.25, 0.3) is 5.91 Å². The van der Waals surface area contributed by atoms with Crippen LogP contribution in [0.25, 0.3) is 0 Å². The third kappa shape index (κ3) is 3.76. The van der Waals surface area contributed by atoms with E-state index in [0.717, 1.165) is 26.0 Å². The fourth-order valence-corrected chi connectivity index (χ4v) is 2.90. The number of amides is 1. The summed E-state index contributed by atoms with van der Waals surface area (Å²) in [5.74, 6) is 1.17. The number of benzene rings is 1. The van der Waals surface area contributed by atoms with Crippen molar-refractivity contribution in [1.29, 1.82) is 0 Å². The minimum Gasteiger partial charge on any atom is -0.454 e. The molecule has 1 saturated heterocycles. The summed E-state index contributed by atoms with van der Waals surface area (Å²) >= 11 is 0. The Morgan fingerprint density at radius 1 is 1.26 bits per heavy atom. The molecular formula is C17H24N2O4. The van der Waals surface area contributed by atoms with E-state index in [1.807, 2.05) is 31.1 Å². The number of rotatable bonds is 6. The van der Waals surface area contributed by atoms with Gasteiger partial charge in [0.1, 0.15) is 0 Å². The summed E-state index contributed by atoms with van der Waals surface area (Å²) in [5, 5.41) is 0. The van der Waals surface area contributed by atoms with E-state index in [1.165, 1.54) is 0 Å². The third-order valence-electron chi connectivity index (χ3n) is 4.18. The first-order valence-electron chi connectivity index (χ1n) is 8.09. The van der Waals surface area contributed by atoms with Gasteiger partial charge in [0.2, 0.25) is 6.79 Å². The van der Waals surface area contributed by atoms with Crippen molar-refractivity contribution in [2.24, 2.45) is 0 Å². The SMILES string of the molecule is CN(C)CCN(CC1CCCO1)C(=O)c1cccc2c1OCO2. The van der Waals surface area contributed by atoms with Crippen LogP contribution < -0.4 is 9.47 Å². The van der Waals surface area contributed by atoms with Crippen LogP contribution in [-0.4, -0.2) is 68.9 Å². The maximum atomic E-state index is 13.0. The van der Waals surface area contributed by atoms with Gasteiger partial charge in [-0.05, 0) is 39.1 Å². The molecule has 0 aromatic heterocycles. The van der Waals surface area contributed by atoms with Crippen molar-refractivity contribution < 1.29 is 19.0 Å². The normalized spacial score (nSPS) is 19.3. The molecule has 1 amide bonds. The highest BCUT2D eigenvalue weighted by molar-refractivity contribution is 5.98. The largest absolute Gasteiger partial charge is 0.454 e. The van der Waals surface area contributed by atoms with Gasteiger partial charge in [-0.25, -0.2) is 0 Å². The molecule has 3 rings (SSSR count). The molecule has 2 aliphatic heterocycles. The lowest BCUT2D eigenvalue weighted by Gasteiger charge is -2.27. The molecular weight excluding hydrogens is 296 g/mol. The number of fused-ring (bicyclic) bond motifs is 1. The van der Waals surface area contributed by atoms with E-state index in [-0.39, 0.29) is 18.8 Å². The molecule has 126 valence electrons. The topological polar surface area (TPSA) is 51.2 Å². The molecule has 0 spiro atoms. The number of likely N-dealkylation sites (N-methyl/N-ethyl adjacent to an activating group) is 1. The van der Waals surface area contributed by atoms with Crippen LogP contribution in [0.4, 0.5) is 0 Å². The molecule has 1 unspecified atom stereocenters. The highest BCUT2D eigenvalue weighted by Gasteiger charge is 2.28. The van der Waals surface area contributed by atoms with Crippen LogP contribution in [0.3, 0.4) is 0 Å². The molecule has 2 aliphatic rings. The minimum atomic E-state index is -0.0234. The molecule has 0 N–H and O–H groups in total. The Morgan fingerprint density at radius 3 is 2.87 bits per heavy atom. The van der Waals surface area contributed by atoms with Gasteiger partial charge in [0, 0.05) is 26.2 Å². The molecule has 0 radical (unpaired) electrons. The van der Waals surface area contributed by atoms with Gasteiger partial charge in [-0.1, -0.05) is 6.07 Å². The quantitative estimate of drug-likeness (QED) is 0.797. The summed E-state index contributed by atoms with van der Waals surface area (Å²) < 4.78 is 16.6. The molecule has 6 nitrogen and oxygen atoms in total. The van der Waals surface area contributed by atoms with Crippen molar-refractivity contribution in [2.75, 3.05) is 47.1 Å². The number of nitrogens with zero attached hydrogens (tertiary/aromatic N) is 2. The highest BCUT2D eigenvalue weighted by Crippen LogP contribution is 2.36. The average molecular weight is 320 g/mol. The fourth-order valence-electron chi connectivity index (χ4n) is 2.90. The van der Waals surface area contributed by atoms with Crippen LogP contribution in [0.2, 0.25) is 0 Å². The second-order valence-electron chi connectivity index (χ2n) is 6.23. The molecule has 6 heteroatoms. The number of carbonyl (C=O) groups is 1. The number of carbonyl (C=O) groups excluding carboxylic acids is 1. The predicted octanol–water partition coefficient (Wildman–Crippen LogP) is 1.60. The van der Waals surface area contributed by atoms with E-state index in [2.05, 4.69) is 4.90 Å². The van der Waals surface area contributed by atoms with Crippen LogP contribution in [0, 0.1) is 0 Å². The van der Waals surface area contributed by atoms with E-state index in [1.54, 1.807) is 6.07 Å². The van der Waals surface area contributed by atoms with E-state index < -0.39 is 0 Å². The zero-order chi connectivity index (χ0) is 16.2. The molecule has 1 atom stereocenters. The maximum absolute atomic E-state index is 13.0. The van der Waals surface area contributed by atoms with Crippen LogP contribution >= 0.6 is 0 Å². The van der Waals surface area contributed by atoms with Gasteiger partial charge in [-0.15, -0.1) is 0 Å². The molecule has 0 bridgehead atoms. The molecule has 2 heterocycles. The zero-order valence-corrected chi connectivity index (χ0v) is 13.8. The van der Waals surface area contributed by atoms with Crippen LogP contribution in [0.1, 0.15) is 23.2 Å². The fraction of sp³-hybridized carbons (Fsp3) is 0.588. The van der Waals surface area contributed by atoms with Gasteiger partial charge in [0.05, 0.1) is 11.7 Å². The van der Waals surface area contributed by atoms with E-state index in [9.17, 15) is 4.79 Å². The number of para-hydroxylation sites is 1. The maximum Gasteiger partial charge on any atom is 0.257 e. The Labute approximate surface area is 136 Å². The first kappa shape index (κ1) is 16.1. The zero-order valence-electron chi connectivity index (χ0n) is 13.8. The summed E-state index contributed by atoms with van der Waals surface area (Å²) in [5.41, 5.74) is 0.566. The standard InChI is InChI=1S/C17H24N2O4/c1-18(2)8-9-19(11-13-5-4-10-21-13)17(20)14-6-3-7-15-16(14)23-12-22-15/h3,6-7,13H,4-5,8-12H2,1-2H3. The first-order valence-corrected chi connectivity index (χ1v) is 8.09. The van der Waals surface area contributed by atoms with Crippen molar-refractivity contribution in [2.45, 2.75) is 18.9 Å². The van der Waals surface area contributed by atoms with E-state index in [0.29, 0.717) is 30.2 Å². The number of hydrogen-bond acceptors (Lipinski definition) is 5. The van der Waals surface area contributed by atoms with Crippen molar-refractivity contribution in [3.8, 4) is 11.5 Å². The van der Waals surface area contributed by atoms with Crippen molar-refractivity contribution >= 4 is 5.91 Å². The smallest absolute Gasteiger partial charge is 0.257 e. The molecule has 1 aromatic carbocycles. The Bertz CT molecular complexity index is 556. The van der Waals surface area contributed by atoms with Gasteiger partial charge in [-0.2, -0.15) is 0 Å². The third-order valence-corrected chi connectivity index (χ3v) is 4.18. The summed E-state index contributed by atoms with van der Waals surface area (Å²) in [6.07, 6.45) is 2.21. The van der Waals surface area contributed by atoms with Crippen molar-refractivity contribution in [3.63, 3.8) is 0 Å². The second kappa shape index (κ2) is 7.19. The van der Waals surface area contributed by atoms with E-state index in [4.69, 9.17) is 14.2 Å². The molecule has 1 aromatic rings. The number of hydrogen-bond donors (Lipinski definition) is 0. The van der Waals surface area contributed by atoms with Gasteiger partial charge in [0.15, 0.2) is 11.5 Å². The van der Waals surface area contributed by atoms with Crippen molar-refractivity contribution in [3.05, 3.63) is 23.8 Å².